The van der Waals surface area contributed by atoms with Crippen LogP contribution in [0.4, 0.5) is 5.69 Å². The van der Waals surface area contributed by atoms with E-state index in [0.717, 1.165) is 0 Å². The Morgan fingerprint density at radius 2 is 1.84 bits per heavy atom. The average molecular weight is 347 g/mol. The molecule has 0 saturated carbocycles. The zero-order valence-corrected chi connectivity index (χ0v) is 14.8. The van der Waals surface area contributed by atoms with Crippen molar-refractivity contribution in [1.29, 1.82) is 0 Å². The highest BCUT2D eigenvalue weighted by Crippen LogP contribution is 2.37. The predicted octanol–water partition coefficient (Wildman–Crippen LogP) is 3.68. The van der Waals surface area contributed by atoms with Gasteiger partial charge in [-0.25, -0.2) is 4.79 Å². The molecule has 2 N–H and O–H groups in total. The van der Waals surface area contributed by atoms with E-state index in [1.807, 2.05) is 13.8 Å². The molecule has 1 amide bonds. The van der Waals surface area contributed by atoms with Crippen LogP contribution < -0.4 is 14.8 Å². The molecule has 7 heteroatoms. The number of nitrogens with one attached hydrogen (secondary N) is 1. The van der Waals surface area contributed by atoms with E-state index in [1.54, 1.807) is 13.0 Å². The molecule has 134 valence electrons. The number of rotatable bonds is 6. The van der Waals surface area contributed by atoms with E-state index >= 15 is 0 Å². The van der Waals surface area contributed by atoms with Crippen molar-refractivity contribution in [3.63, 3.8) is 0 Å². The Morgan fingerprint density at radius 3 is 2.32 bits per heavy atom. The first-order chi connectivity index (χ1) is 11.8. The van der Waals surface area contributed by atoms with Crippen molar-refractivity contribution < 1.29 is 28.6 Å². The summed E-state index contributed by atoms with van der Waals surface area (Å²) in [6.07, 6.45) is 0. The van der Waals surface area contributed by atoms with Crippen LogP contribution in [-0.4, -0.2) is 31.2 Å². The van der Waals surface area contributed by atoms with Crippen LogP contribution in [0.3, 0.4) is 0 Å². The first-order valence-electron chi connectivity index (χ1n) is 7.69. The fraction of sp³-hybridized carbons (Fsp3) is 0.333. The summed E-state index contributed by atoms with van der Waals surface area (Å²) in [7, 11) is 2.80. The van der Waals surface area contributed by atoms with Crippen LogP contribution in [-0.2, 0) is 0 Å². The maximum Gasteiger partial charge on any atom is 0.335 e. The molecular formula is C18H21NO6. The Bertz CT molecular complexity index is 806. The molecule has 0 unspecified atom stereocenters. The summed E-state index contributed by atoms with van der Waals surface area (Å²) in [5, 5.41) is 11.9. The van der Waals surface area contributed by atoms with Gasteiger partial charge in [0.1, 0.15) is 11.5 Å². The molecule has 2 rings (SSSR count). The summed E-state index contributed by atoms with van der Waals surface area (Å²) < 4.78 is 16.0. The first kappa shape index (κ1) is 18.4. The second-order valence-corrected chi connectivity index (χ2v) is 5.79. The lowest BCUT2D eigenvalue weighted by molar-refractivity contribution is 0.0696. The second-order valence-electron chi connectivity index (χ2n) is 5.79. The predicted molar refractivity (Wildman–Crippen MR) is 92.0 cm³/mol. The van der Waals surface area contributed by atoms with Crippen LogP contribution in [0.15, 0.2) is 22.6 Å². The number of furan rings is 1. The van der Waals surface area contributed by atoms with E-state index in [2.05, 4.69) is 5.32 Å². The Morgan fingerprint density at radius 1 is 1.16 bits per heavy atom. The van der Waals surface area contributed by atoms with Crippen LogP contribution in [0.25, 0.3) is 0 Å². The number of carboxylic acid groups (broad SMARTS) is 1. The lowest BCUT2D eigenvalue weighted by Gasteiger charge is -2.14. The van der Waals surface area contributed by atoms with Crippen molar-refractivity contribution in [2.24, 2.45) is 0 Å². The summed E-state index contributed by atoms with van der Waals surface area (Å²) in [5.74, 6) is 0.225. The van der Waals surface area contributed by atoms with Crippen LogP contribution in [0, 0.1) is 6.92 Å². The first-order valence-corrected chi connectivity index (χ1v) is 7.69. The minimum Gasteiger partial charge on any atom is -0.493 e. The zero-order chi connectivity index (χ0) is 18.7. The molecule has 0 saturated heterocycles. The summed E-state index contributed by atoms with van der Waals surface area (Å²) in [6, 6.07) is 4.33. The molecule has 1 aromatic carbocycles. The molecule has 0 atom stereocenters. The largest absolute Gasteiger partial charge is 0.493 e. The number of carbonyl (C=O) groups is 2. The fourth-order valence-electron chi connectivity index (χ4n) is 2.39. The smallest absolute Gasteiger partial charge is 0.335 e. The molecule has 1 heterocycles. The number of ether oxygens (including phenoxy) is 2. The van der Waals surface area contributed by atoms with Gasteiger partial charge in [-0.1, -0.05) is 13.8 Å². The van der Waals surface area contributed by atoms with E-state index in [-0.39, 0.29) is 28.7 Å². The highest BCUT2D eigenvalue weighted by atomic mass is 16.5. The van der Waals surface area contributed by atoms with Gasteiger partial charge in [0.2, 0.25) is 0 Å². The standard InChI is InChI=1S/C18H21NO6/c1-9(2)14-8-12(10(3)25-14)17(20)19-13-6-11(18(21)22)7-15(23-4)16(13)24-5/h6-9H,1-5H3,(H,19,20)(H,21,22). The van der Waals surface area contributed by atoms with Gasteiger partial charge in [-0.15, -0.1) is 0 Å². The number of hydrogen-bond donors (Lipinski definition) is 2. The van der Waals surface area contributed by atoms with Gasteiger partial charge in [-0.2, -0.15) is 0 Å². The van der Waals surface area contributed by atoms with Crippen LogP contribution in [0.2, 0.25) is 0 Å². The Kier molecular flexibility index (Phi) is 5.36. The van der Waals surface area contributed by atoms with Crippen molar-refractivity contribution >= 4 is 17.6 Å². The van der Waals surface area contributed by atoms with Gasteiger partial charge in [-0.3, -0.25) is 4.79 Å². The summed E-state index contributed by atoms with van der Waals surface area (Å²) >= 11 is 0. The highest BCUT2D eigenvalue weighted by molar-refractivity contribution is 6.06. The number of amides is 1. The molecule has 0 aliphatic heterocycles. The van der Waals surface area contributed by atoms with Crippen LogP contribution in [0.1, 0.15) is 52.0 Å². The Hall–Kier alpha value is -2.96. The molecule has 25 heavy (non-hydrogen) atoms. The van der Waals surface area contributed by atoms with Crippen LogP contribution >= 0.6 is 0 Å². The summed E-state index contributed by atoms with van der Waals surface area (Å²) in [5.41, 5.74) is 0.557. The fourth-order valence-corrected chi connectivity index (χ4v) is 2.39. The minimum absolute atomic E-state index is 0.0280. The lowest BCUT2D eigenvalue weighted by atomic mass is 10.1. The topological polar surface area (TPSA) is 98.0 Å². The Balaban J connectivity index is 2.43. The third kappa shape index (κ3) is 3.76. The summed E-state index contributed by atoms with van der Waals surface area (Å²) in [6.45, 7) is 5.63. The molecule has 0 bridgehead atoms. The molecule has 0 aliphatic rings. The second kappa shape index (κ2) is 7.29. The molecule has 0 spiro atoms. The SMILES string of the molecule is COc1cc(C(=O)O)cc(NC(=O)c2cc(C(C)C)oc2C)c1OC. The quantitative estimate of drug-likeness (QED) is 0.827. The molecule has 0 fully saturated rings. The molecule has 1 aromatic heterocycles. The molecule has 0 radical (unpaired) electrons. The molecule has 2 aromatic rings. The number of anilines is 1. The number of aromatic carboxylic acids is 1. The van der Waals surface area contributed by atoms with Crippen molar-refractivity contribution in [3.8, 4) is 11.5 Å². The van der Waals surface area contributed by atoms with E-state index in [0.29, 0.717) is 17.1 Å². The van der Waals surface area contributed by atoms with E-state index in [4.69, 9.17) is 13.9 Å². The van der Waals surface area contributed by atoms with E-state index < -0.39 is 11.9 Å². The molecule has 0 aliphatic carbocycles. The van der Waals surface area contributed by atoms with Crippen molar-refractivity contribution in [2.45, 2.75) is 26.7 Å². The summed E-state index contributed by atoms with van der Waals surface area (Å²) in [4.78, 5) is 23.9. The van der Waals surface area contributed by atoms with Crippen molar-refractivity contribution in [2.75, 3.05) is 19.5 Å². The number of carbonyl (C=O) groups excluding carboxylic acids is 1. The van der Waals surface area contributed by atoms with Gasteiger partial charge in [0.25, 0.3) is 5.91 Å². The van der Waals surface area contributed by atoms with Gasteiger partial charge < -0.3 is 24.3 Å². The average Bonchev–Trinajstić information content (AvgIpc) is 2.96. The monoisotopic (exact) mass is 347 g/mol. The van der Waals surface area contributed by atoms with E-state index in [9.17, 15) is 14.7 Å². The minimum atomic E-state index is -1.14. The maximum absolute atomic E-state index is 12.6. The van der Waals surface area contributed by atoms with Gasteiger partial charge >= 0.3 is 5.97 Å². The van der Waals surface area contributed by atoms with Gasteiger partial charge in [0.05, 0.1) is 31.0 Å². The van der Waals surface area contributed by atoms with Crippen molar-refractivity contribution in [3.05, 3.63) is 40.8 Å². The Labute approximate surface area is 145 Å². The number of carboxylic acids is 1. The van der Waals surface area contributed by atoms with Gasteiger partial charge in [0, 0.05) is 5.92 Å². The number of methoxy groups -OCH3 is 2. The van der Waals surface area contributed by atoms with Gasteiger partial charge in [0.15, 0.2) is 11.5 Å². The number of benzene rings is 1. The lowest BCUT2D eigenvalue weighted by Crippen LogP contribution is -2.14. The van der Waals surface area contributed by atoms with Crippen molar-refractivity contribution in [1.82, 2.24) is 0 Å². The van der Waals surface area contributed by atoms with E-state index in [1.165, 1.54) is 26.4 Å². The van der Waals surface area contributed by atoms with Gasteiger partial charge in [-0.05, 0) is 25.1 Å². The highest BCUT2D eigenvalue weighted by Gasteiger charge is 2.21. The maximum atomic E-state index is 12.6. The third-order valence-electron chi connectivity index (χ3n) is 3.72. The van der Waals surface area contributed by atoms with Crippen LogP contribution in [0.5, 0.6) is 11.5 Å². The number of hydrogen-bond acceptors (Lipinski definition) is 5. The number of aryl methyl sites for hydroxylation is 1. The molecular weight excluding hydrogens is 326 g/mol. The molecule has 7 nitrogen and oxygen atoms in total. The zero-order valence-electron chi connectivity index (χ0n) is 14.8. The third-order valence-corrected chi connectivity index (χ3v) is 3.72. The normalized spacial score (nSPS) is 10.6.